The van der Waals surface area contributed by atoms with Crippen molar-refractivity contribution in [2.45, 2.75) is 25.7 Å². The summed E-state index contributed by atoms with van der Waals surface area (Å²) in [5, 5.41) is 4.72. The Labute approximate surface area is 166 Å². The quantitative estimate of drug-likeness (QED) is 0.667. The van der Waals surface area contributed by atoms with Crippen molar-refractivity contribution in [1.82, 2.24) is 19.5 Å². The molecule has 8 heteroatoms. The number of rotatable bonds is 2. The molecule has 0 bridgehead atoms. The van der Waals surface area contributed by atoms with Crippen LogP contribution >= 0.6 is 0 Å². The van der Waals surface area contributed by atoms with Crippen molar-refractivity contribution in [2.75, 3.05) is 31.1 Å². The Balaban J connectivity index is 1.37. The van der Waals surface area contributed by atoms with Crippen LogP contribution in [0.2, 0.25) is 0 Å². The van der Waals surface area contributed by atoms with Gasteiger partial charge < -0.3 is 9.80 Å². The van der Waals surface area contributed by atoms with Crippen molar-refractivity contribution in [3.63, 3.8) is 0 Å². The number of anilines is 1. The minimum atomic E-state index is -0.824. The monoisotopic (exact) mass is 397 g/mol. The molecule has 2 aromatic heterocycles. The van der Waals surface area contributed by atoms with Crippen LogP contribution in [0.25, 0.3) is 5.52 Å². The number of fused-ring (bicyclic) bond motifs is 3. The maximum atomic E-state index is 14.0. The molecule has 1 aliphatic heterocycles. The zero-order valence-electron chi connectivity index (χ0n) is 15.9. The van der Waals surface area contributed by atoms with Gasteiger partial charge in [-0.05, 0) is 37.8 Å². The van der Waals surface area contributed by atoms with E-state index in [2.05, 4.69) is 9.88 Å². The summed E-state index contributed by atoms with van der Waals surface area (Å²) in [5.41, 5.74) is 3.41. The van der Waals surface area contributed by atoms with Crippen molar-refractivity contribution in [3.8, 4) is 0 Å². The van der Waals surface area contributed by atoms with E-state index >= 15 is 0 Å². The molecule has 1 aromatic carbocycles. The molecule has 0 radical (unpaired) electrons. The number of halogens is 2. The Bertz CT molecular complexity index is 1090. The number of carbonyl (C=O) groups excluding carboxylic acids is 1. The number of nitrogens with zero attached hydrogens (tertiary/aromatic N) is 5. The van der Waals surface area contributed by atoms with E-state index in [0.29, 0.717) is 26.2 Å². The smallest absolute Gasteiger partial charge is 0.256 e. The highest BCUT2D eigenvalue weighted by molar-refractivity contribution is 5.94. The van der Waals surface area contributed by atoms with Crippen LogP contribution in [0.15, 0.2) is 30.6 Å². The fraction of sp³-hybridized carbons (Fsp3) is 0.381. The van der Waals surface area contributed by atoms with Crippen LogP contribution in [0.5, 0.6) is 0 Å². The number of hydrogen-bond donors (Lipinski definition) is 0. The summed E-state index contributed by atoms with van der Waals surface area (Å²) < 4.78 is 29.0. The van der Waals surface area contributed by atoms with Crippen LogP contribution in [0.1, 0.15) is 34.5 Å². The summed E-state index contributed by atoms with van der Waals surface area (Å²) in [4.78, 5) is 21.0. The van der Waals surface area contributed by atoms with E-state index < -0.39 is 17.5 Å². The van der Waals surface area contributed by atoms with Crippen molar-refractivity contribution in [3.05, 3.63) is 59.0 Å². The van der Waals surface area contributed by atoms with Crippen LogP contribution in [0, 0.1) is 11.6 Å². The minimum Gasteiger partial charge on any atom is -0.351 e. The van der Waals surface area contributed by atoms with Gasteiger partial charge in [-0.1, -0.05) is 0 Å². The molecule has 0 atom stereocenters. The van der Waals surface area contributed by atoms with Crippen LogP contribution in [-0.4, -0.2) is 51.6 Å². The normalized spacial score (nSPS) is 16.9. The topological polar surface area (TPSA) is 53.7 Å². The van der Waals surface area contributed by atoms with Crippen molar-refractivity contribution in [1.29, 1.82) is 0 Å². The fourth-order valence-electron chi connectivity index (χ4n) is 4.33. The van der Waals surface area contributed by atoms with Gasteiger partial charge in [-0.3, -0.25) is 4.79 Å². The van der Waals surface area contributed by atoms with Gasteiger partial charge in [0.15, 0.2) is 5.82 Å². The first-order valence-electron chi connectivity index (χ1n) is 9.96. The molecule has 1 amide bonds. The van der Waals surface area contributed by atoms with Crippen molar-refractivity contribution < 1.29 is 13.6 Å². The van der Waals surface area contributed by atoms with Crippen molar-refractivity contribution in [2.24, 2.45) is 0 Å². The lowest BCUT2D eigenvalue weighted by molar-refractivity contribution is 0.0742. The molecule has 0 unspecified atom stereocenters. The van der Waals surface area contributed by atoms with E-state index in [4.69, 9.17) is 5.10 Å². The van der Waals surface area contributed by atoms with Crippen LogP contribution in [0.4, 0.5) is 14.6 Å². The molecular formula is C21H21F2N5O. The molecule has 6 nitrogen and oxygen atoms in total. The third kappa shape index (κ3) is 3.12. The predicted molar refractivity (Wildman–Crippen MR) is 104 cm³/mol. The third-order valence-electron chi connectivity index (χ3n) is 5.83. The van der Waals surface area contributed by atoms with Gasteiger partial charge in [-0.2, -0.15) is 5.10 Å². The summed E-state index contributed by atoms with van der Waals surface area (Å²) >= 11 is 0. The van der Waals surface area contributed by atoms with Gasteiger partial charge >= 0.3 is 0 Å². The Kier molecular flexibility index (Phi) is 4.41. The first kappa shape index (κ1) is 18.0. The maximum Gasteiger partial charge on any atom is 0.256 e. The predicted octanol–water partition coefficient (Wildman–Crippen LogP) is 2.85. The molecule has 0 N–H and O–H groups in total. The van der Waals surface area contributed by atoms with Crippen LogP contribution in [-0.2, 0) is 12.8 Å². The molecule has 1 fully saturated rings. The van der Waals surface area contributed by atoms with Crippen molar-refractivity contribution >= 4 is 17.2 Å². The molecule has 2 aliphatic rings. The van der Waals surface area contributed by atoms with Crippen LogP contribution < -0.4 is 4.90 Å². The standard InChI is InChI=1S/C21H21F2N5O/c22-14-5-6-15(17(23)13-14)21(29)27-11-9-26(10-12-27)20-19-16-3-1-2-4-18(16)25-28(19)8-7-24-20/h5-8,13H,1-4,9-12H2. The molecule has 150 valence electrons. The third-order valence-corrected chi connectivity index (χ3v) is 5.83. The zero-order chi connectivity index (χ0) is 20.0. The van der Waals surface area contributed by atoms with Crippen LogP contribution in [0.3, 0.4) is 0 Å². The number of aromatic nitrogens is 3. The summed E-state index contributed by atoms with van der Waals surface area (Å²) in [7, 11) is 0. The number of aryl methyl sites for hydroxylation is 2. The number of hydrogen-bond acceptors (Lipinski definition) is 4. The molecule has 3 aromatic rings. The van der Waals surface area contributed by atoms with Gasteiger partial charge in [0.1, 0.15) is 17.2 Å². The van der Waals surface area contributed by atoms with Gasteiger partial charge in [0, 0.05) is 50.2 Å². The highest BCUT2D eigenvalue weighted by Gasteiger charge is 2.27. The molecular weight excluding hydrogens is 376 g/mol. The molecule has 0 saturated carbocycles. The molecule has 1 saturated heterocycles. The molecule has 0 spiro atoms. The molecule has 1 aliphatic carbocycles. The van der Waals surface area contributed by atoms with Gasteiger partial charge in [-0.25, -0.2) is 18.3 Å². The zero-order valence-corrected chi connectivity index (χ0v) is 15.9. The molecule has 5 rings (SSSR count). The summed E-state index contributed by atoms with van der Waals surface area (Å²) in [6, 6.07) is 3.07. The fourth-order valence-corrected chi connectivity index (χ4v) is 4.33. The summed E-state index contributed by atoms with van der Waals surface area (Å²) in [6.07, 6.45) is 7.98. The van der Waals surface area contributed by atoms with E-state index in [1.54, 1.807) is 11.1 Å². The van der Waals surface area contributed by atoms with Gasteiger partial charge in [0.25, 0.3) is 5.91 Å². The van der Waals surface area contributed by atoms with E-state index in [-0.39, 0.29) is 5.56 Å². The Morgan fingerprint density at radius 2 is 1.83 bits per heavy atom. The summed E-state index contributed by atoms with van der Waals surface area (Å²) in [5.74, 6) is -1.03. The first-order chi connectivity index (χ1) is 14.1. The van der Waals surface area contributed by atoms with Gasteiger partial charge in [-0.15, -0.1) is 0 Å². The maximum absolute atomic E-state index is 14.0. The van der Waals surface area contributed by atoms with E-state index in [1.165, 1.54) is 18.1 Å². The van der Waals surface area contributed by atoms with E-state index in [0.717, 1.165) is 48.4 Å². The highest BCUT2D eigenvalue weighted by Crippen LogP contribution is 2.30. The summed E-state index contributed by atoms with van der Waals surface area (Å²) in [6.45, 7) is 2.10. The minimum absolute atomic E-state index is 0.0927. The largest absolute Gasteiger partial charge is 0.351 e. The second-order valence-corrected chi connectivity index (χ2v) is 7.58. The highest BCUT2D eigenvalue weighted by atomic mass is 19.1. The van der Waals surface area contributed by atoms with E-state index in [9.17, 15) is 13.6 Å². The second-order valence-electron chi connectivity index (χ2n) is 7.58. The average Bonchev–Trinajstić information content (AvgIpc) is 3.12. The Morgan fingerprint density at radius 3 is 2.62 bits per heavy atom. The Morgan fingerprint density at radius 1 is 1.03 bits per heavy atom. The number of amides is 1. The van der Waals surface area contributed by atoms with Gasteiger partial charge in [0.2, 0.25) is 0 Å². The Hall–Kier alpha value is -3.03. The lowest BCUT2D eigenvalue weighted by Crippen LogP contribution is -2.49. The number of benzene rings is 1. The lowest BCUT2D eigenvalue weighted by Gasteiger charge is -2.35. The van der Waals surface area contributed by atoms with Gasteiger partial charge in [0.05, 0.1) is 11.3 Å². The lowest BCUT2D eigenvalue weighted by atomic mass is 9.97. The first-order valence-corrected chi connectivity index (χ1v) is 9.96. The number of piperazine rings is 1. The second kappa shape index (κ2) is 7.09. The average molecular weight is 397 g/mol. The molecule has 29 heavy (non-hydrogen) atoms. The van der Waals surface area contributed by atoms with E-state index in [1.807, 2.05) is 10.7 Å². The molecule has 3 heterocycles. The number of carbonyl (C=O) groups is 1. The SMILES string of the molecule is O=C(c1ccc(F)cc1F)N1CCN(c2nccn3nc4c(c23)CCCC4)CC1.